The van der Waals surface area contributed by atoms with Crippen molar-refractivity contribution in [1.82, 2.24) is 0 Å². The van der Waals surface area contributed by atoms with Crippen LogP contribution in [0.4, 0.5) is 0 Å². The molecule has 0 rings (SSSR count). The van der Waals surface area contributed by atoms with Crippen molar-refractivity contribution in [2.75, 3.05) is 6.61 Å². The molecule has 0 amide bonds. The Morgan fingerprint density at radius 1 is 1.86 bits per heavy atom. The Labute approximate surface area is 65.3 Å². The molecular formula is C2H6NaO3P. The fourth-order valence-corrected chi connectivity index (χ4v) is 0.354. The van der Waals surface area contributed by atoms with E-state index in [2.05, 4.69) is 4.52 Å². The summed E-state index contributed by atoms with van der Waals surface area (Å²) in [6.45, 7) is 1.88. The molecule has 0 fully saturated rings. The second-order valence-corrected chi connectivity index (χ2v) is 1.47. The topological polar surface area (TPSA) is 49.4 Å². The van der Waals surface area contributed by atoms with Crippen LogP contribution in [0.1, 0.15) is 6.92 Å². The molecule has 0 saturated carbocycles. The van der Waals surface area contributed by atoms with Gasteiger partial charge in [0.1, 0.15) is 8.25 Å². The van der Waals surface area contributed by atoms with Crippen molar-refractivity contribution >= 4 is 8.25 Å². The van der Waals surface area contributed by atoms with Crippen LogP contribution in [0.25, 0.3) is 0 Å². The molecule has 0 saturated heterocycles. The van der Waals surface area contributed by atoms with E-state index < -0.39 is 8.25 Å². The maximum Gasteiger partial charge on any atom is 1.00 e. The number of hydrogen-bond acceptors (Lipinski definition) is 3. The van der Waals surface area contributed by atoms with Gasteiger partial charge in [0.15, 0.2) is 0 Å². The predicted molar refractivity (Wildman–Crippen MR) is 20.6 cm³/mol. The van der Waals surface area contributed by atoms with Gasteiger partial charge in [0.2, 0.25) is 0 Å². The molecule has 38 valence electrons. The van der Waals surface area contributed by atoms with E-state index in [1.807, 2.05) is 0 Å². The molecule has 0 aliphatic carbocycles. The van der Waals surface area contributed by atoms with Crippen molar-refractivity contribution in [2.45, 2.75) is 6.92 Å². The first kappa shape index (κ1) is 11.0. The van der Waals surface area contributed by atoms with Crippen molar-refractivity contribution < 1.29 is 43.5 Å². The van der Waals surface area contributed by atoms with Gasteiger partial charge in [0.05, 0.1) is 0 Å². The molecule has 0 N–H and O–H groups in total. The first-order chi connectivity index (χ1) is 2.77. The molecule has 0 aromatic carbocycles. The quantitative estimate of drug-likeness (QED) is 0.293. The SMILES string of the molecule is CCO[PH](=O)[O-].[Na+]. The average Bonchev–Trinajstić information content (AvgIpc) is 1.35. The summed E-state index contributed by atoms with van der Waals surface area (Å²) in [6.07, 6.45) is 0. The molecule has 1 atom stereocenters. The van der Waals surface area contributed by atoms with Crippen LogP contribution < -0.4 is 34.5 Å². The summed E-state index contributed by atoms with van der Waals surface area (Å²) in [5.41, 5.74) is 0. The van der Waals surface area contributed by atoms with Gasteiger partial charge in [-0.25, -0.2) is 0 Å². The summed E-state index contributed by atoms with van der Waals surface area (Å²) in [5, 5.41) is 0. The number of hydrogen-bond donors (Lipinski definition) is 0. The zero-order chi connectivity index (χ0) is 4.99. The first-order valence-electron chi connectivity index (χ1n) is 1.61. The molecule has 0 aromatic heterocycles. The Bertz CT molecular complexity index is 56.9. The van der Waals surface area contributed by atoms with E-state index >= 15 is 0 Å². The summed E-state index contributed by atoms with van der Waals surface area (Å²) < 4.78 is 13.5. The molecule has 0 aromatic rings. The molecule has 0 bridgehead atoms. The molecule has 0 spiro atoms. The van der Waals surface area contributed by atoms with Crippen LogP contribution in [0.2, 0.25) is 0 Å². The predicted octanol–water partition coefficient (Wildman–Crippen LogP) is -3.22. The smallest absolute Gasteiger partial charge is 0.781 e. The van der Waals surface area contributed by atoms with Gasteiger partial charge in [0, 0.05) is 6.61 Å². The maximum absolute atomic E-state index is 9.45. The molecule has 0 aliphatic heterocycles. The third kappa shape index (κ3) is 11.0. The Kier molecular flexibility index (Phi) is 11.3. The van der Waals surface area contributed by atoms with Crippen LogP contribution >= 0.6 is 8.25 Å². The zero-order valence-electron chi connectivity index (χ0n) is 4.43. The maximum atomic E-state index is 9.45. The van der Waals surface area contributed by atoms with Gasteiger partial charge in [-0.1, -0.05) is 0 Å². The van der Waals surface area contributed by atoms with E-state index in [1.165, 1.54) is 0 Å². The summed E-state index contributed by atoms with van der Waals surface area (Å²) in [6, 6.07) is 0. The van der Waals surface area contributed by atoms with Crippen molar-refractivity contribution in [2.24, 2.45) is 0 Å². The van der Waals surface area contributed by atoms with E-state index in [4.69, 9.17) is 0 Å². The molecule has 5 heteroatoms. The Balaban J connectivity index is 0. The third-order valence-corrected chi connectivity index (χ3v) is 0.787. The molecule has 1 unspecified atom stereocenters. The Hall–Kier alpha value is 1.15. The number of rotatable bonds is 2. The van der Waals surface area contributed by atoms with Gasteiger partial charge in [-0.3, -0.25) is 0 Å². The molecular weight excluding hydrogens is 126 g/mol. The molecule has 0 radical (unpaired) electrons. The van der Waals surface area contributed by atoms with Gasteiger partial charge in [-0.05, 0) is 6.92 Å². The van der Waals surface area contributed by atoms with E-state index in [-0.39, 0.29) is 36.2 Å². The standard InChI is InChI=1S/C2H7O3P.Na/c1-2-5-6(3)4;/h6H,2H2,1H3,(H,3,4);/q;+1/p-1. The second kappa shape index (κ2) is 7.15. The minimum absolute atomic E-state index is 0. The molecule has 7 heavy (non-hydrogen) atoms. The van der Waals surface area contributed by atoms with Gasteiger partial charge in [-0.15, -0.1) is 0 Å². The van der Waals surface area contributed by atoms with Crippen molar-refractivity contribution in [3.8, 4) is 0 Å². The van der Waals surface area contributed by atoms with Gasteiger partial charge >= 0.3 is 29.6 Å². The normalized spacial score (nSPS) is 12.3. The second-order valence-electron chi connectivity index (χ2n) is 0.683. The average molecular weight is 132 g/mol. The van der Waals surface area contributed by atoms with Crippen molar-refractivity contribution in [3.05, 3.63) is 0 Å². The Morgan fingerprint density at radius 3 is 2.29 bits per heavy atom. The monoisotopic (exact) mass is 132 g/mol. The molecule has 3 nitrogen and oxygen atoms in total. The summed E-state index contributed by atoms with van der Waals surface area (Å²) in [4.78, 5) is 9.45. The third-order valence-electron chi connectivity index (χ3n) is 0.262. The largest absolute Gasteiger partial charge is 1.00 e. The van der Waals surface area contributed by atoms with E-state index in [9.17, 15) is 9.46 Å². The van der Waals surface area contributed by atoms with Crippen molar-refractivity contribution in [3.63, 3.8) is 0 Å². The van der Waals surface area contributed by atoms with Crippen LogP contribution in [-0.4, -0.2) is 6.61 Å². The minimum Gasteiger partial charge on any atom is -0.781 e. The fourth-order valence-electron chi connectivity index (χ4n) is 0.118. The van der Waals surface area contributed by atoms with Crippen molar-refractivity contribution in [1.29, 1.82) is 0 Å². The van der Waals surface area contributed by atoms with E-state index in [0.29, 0.717) is 0 Å². The molecule has 0 heterocycles. The first-order valence-corrected chi connectivity index (χ1v) is 2.83. The summed E-state index contributed by atoms with van der Waals surface area (Å²) in [5.74, 6) is 0. The summed E-state index contributed by atoms with van der Waals surface area (Å²) in [7, 11) is -2.89. The molecule has 0 aliphatic rings. The van der Waals surface area contributed by atoms with Crippen LogP contribution in [0.3, 0.4) is 0 Å². The van der Waals surface area contributed by atoms with Gasteiger partial charge < -0.3 is 14.0 Å². The fraction of sp³-hybridized carbons (Fsp3) is 1.00. The van der Waals surface area contributed by atoms with Crippen LogP contribution in [-0.2, 0) is 9.09 Å². The van der Waals surface area contributed by atoms with Crippen LogP contribution in [0.15, 0.2) is 0 Å². The van der Waals surface area contributed by atoms with E-state index in [1.54, 1.807) is 6.92 Å². The van der Waals surface area contributed by atoms with Crippen LogP contribution in [0, 0.1) is 0 Å². The van der Waals surface area contributed by atoms with E-state index in [0.717, 1.165) is 0 Å². The minimum atomic E-state index is -2.89. The summed E-state index contributed by atoms with van der Waals surface area (Å²) >= 11 is 0. The van der Waals surface area contributed by atoms with Gasteiger partial charge in [0.25, 0.3) is 0 Å². The van der Waals surface area contributed by atoms with Gasteiger partial charge in [-0.2, -0.15) is 0 Å². The Morgan fingerprint density at radius 2 is 2.29 bits per heavy atom. The zero-order valence-corrected chi connectivity index (χ0v) is 7.43. The van der Waals surface area contributed by atoms with Crippen LogP contribution in [0.5, 0.6) is 0 Å².